The van der Waals surface area contributed by atoms with Crippen molar-refractivity contribution < 1.29 is 34.0 Å². The molecule has 3 saturated heterocycles. The molecule has 2 bridgehead atoms. The van der Waals surface area contributed by atoms with Crippen LogP contribution in [0.25, 0.3) is 0 Å². The van der Waals surface area contributed by atoms with Gasteiger partial charge in [0, 0.05) is 30.8 Å². The summed E-state index contributed by atoms with van der Waals surface area (Å²) >= 11 is 0. The maximum absolute atomic E-state index is 13.9. The van der Waals surface area contributed by atoms with Gasteiger partial charge in [-0.05, 0) is 63.0 Å². The highest BCUT2D eigenvalue weighted by atomic mass is 16.7. The van der Waals surface area contributed by atoms with Gasteiger partial charge >= 0.3 is 5.97 Å². The molecule has 2 unspecified atom stereocenters. The standard InChI is InChI=1S/C33H48O7/c1-6-8-27-22(4)13-14-33(40-27)17-25-16-24(39-33)12-11-21(3)15-20(2)9-7-10-23-19-37-29-28(23)26(31(35)38-25)18-32(5,36)30(29)34/h7,9-11,18,20,22,24-25,27-30,34,36H,6,8,12-17,19H2,1-5H3/b9-7+,21-11+,23-10+/t20-,22-,24-,25-,27-,28?,29?,30-,32+,33-/m0/s1. The second-order valence-corrected chi connectivity index (χ2v) is 13.2. The van der Waals surface area contributed by atoms with Gasteiger partial charge in [0.25, 0.3) is 0 Å². The van der Waals surface area contributed by atoms with Crippen molar-refractivity contribution in [2.75, 3.05) is 6.61 Å². The Balaban J connectivity index is 1.50. The molecule has 40 heavy (non-hydrogen) atoms. The smallest absolute Gasteiger partial charge is 0.334 e. The number of aliphatic hydroxyl groups is 2. The number of rotatable bonds is 2. The third-order valence-electron chi connectivity index (χ3n) is 9.50. The summed E-state index contributed by atoms with van der Waals surface area (Å²) in [6, 6.07) is 0. The van der Waals surface area contributed by atoms with Gasteiger partial charge < -0.3 is 29.2 Å². The van der Waals surface area contributed by atoms with Crippen LogP contribution in [0.2, 0.25) is 0 Å². The second-order valence-electron chi connectivity index (χ2n) is 13.2. The van der Waals surface area contributed by atoms with Gasteiger partial charge in [0.05, 0.1) is 24.9 Å². The highest BCUT2D eigenvalue weighted by molar-refractivity contribution is 5.91. The molecule has 4 aliphatic heterocycles. The van der Waals surface area contributed by atoms with E-state index < -0.39 is 35.5 Å². The Hall–Kier alpha value is -1.77. The van der Waals surface area contributed by atoms with Crippen LogP contribution in [0.15, 0.2) is 47.1 Å². The molecule has 4 heterocycles. The monoisotopic (exact) mass is 556 g/mol. The predicted molar refractivity (Wildman–Crippen MR) is 152 cm³/mol. The van der Waals surface area contributed by atoms with Gasteiger partial charge in [0.1, 0.15) is 17.8 Å². The minimum absolute atomic E-state index is 0.123. The van der Waals surface area contributed by atoms with Crippen LogP contribution in [0.5, 0.6) is 0 Å². The number of aliphatic hydroxyl groups excluding tert-OH is 1. The van der Waals surface area contributed by atoms with E-state index in [1.807, 2.05) is 12.2 Å². The predicted octanol–water partition coefficient (Wildman–Crippen LogP) is 5.31. The van der Waals surface area contributed by atoms with Crippen LogP contribution in [0, 0.1) is 17.8 Å². The SMILES string of the molecule is CCC[C@@H]1O[C@@]2(CC[C@@H]1C)C[C@@H]1C[C@H](C/C=C(\C)C[C@@H](C)/C=C/C=C3\COC4C3C(=C[C@@](C)(O)[C@H]4O)C(=O)O1)O2. The quantitative estimate of drug-likeness (QED) is 0.351. The molecule has 222 valence electrons. The van der Waals surface area contributed by atoms with E-state index >= 15 is 0 Å². The average Bonchev–Trinajstić information content (AvgIpc) is 3.30. The highest BCUT2D eigenvalue weighted by Crippen LogP contribution is 2.46. The molecule has 5 rings (SSSR count). The summed E-state index contributed by atoms with van der Waals surface area (Å²) in [5.74, 6) is -0.910. The summed E-state index contributed by atoms with van der Waals surface area (Å²) in [7, 11) is 0. The normalized spacial score (nSPS) is 47.8. The fourth-order valence-electron chi connectivity index (χ4n) is 7.29. The van der Waals surface area contributed by atoms with Crippen LogP contribution in [0.3, 0.4) is 0 Å². The molecule has 3 fully saturated rings. The molecule has 0 saturated carbocycles. The zero-order valence-corrected chi connectivity index (χ0v) is 24.8. The van der Waals surface area contributed by atoms with Crippen LogP contribution >= 0.6 is 0 Å². The Morgan fingerprint density at radius 2 is 1.98 bits per heavy atom. The van der Waals surface area contributed by atoms with Crippen molar-refractivity contribution in [2.24, 2.45) is 17.8 Å². The lowest BCUT2D eigenvalue weighted by Gasteiger charge is -2.49. The van der Waals surface area contributed by atoms with Gasteiger partial charge in [-0.15, -0.1) is 0 Å². The van der Waals surface area contributed by atoms with Crippen molar-refractivity contribution in [3.63, 3.8) is 0 Å². The van der Waals surface area contributed by atoms with Crippen molar-refractivity contribution >= 4 is 5.97 Å². The van der Waals surface area contributed by atoms with Crippen LogP contribution in [-0.4, -0.2) is 64.7 Å². The zero-order chi connectivity index (χ0) is 28.7. The molecule has 0 radical (unpaired) electrons. The Bertz CT molecular complexity index is 1070. The van der Waals surface area contributed by atoms with E-state index in [0.717, 1.165) is 44.1 Å². The fourth-order valence-corrected chi connectivity index (χ4v) is 7.29. The minimum Gasteiger partial charge on any atom is -0.459 e. The van der Waals surface area contributed by atoms with Gasteiger partial charge in [-0.3, -0.25) is 0 Å². The first kappa shape index (κ1) is 29.7. The Kier molecular flexibility index (Phi) is 8.80. The molecule has 10 atom stereocenters. The Labute approximate surface area is 239 Å². The summed E-state index contributed by atoms with van der Waals surface area (Å²) < 4.78 is 25.7. The number of hydrogen-bond donors (Lipinski definition) is 2. The Morgan fingerprint density at radius 3 is 2.75 bits per heavy atom. The van der Waals surface area contributed by atoms with E-state index in [1.54, 1.807) is 0 Å². The zero-order valence-electron chi connectivity index (χ0n) is 24.8. The molecular weight excluding hydrogens is 508 g/mol. The van der Waals surface area contributed by atoms with Gasteiger partial charge in [-0.25, -0.2) is 4.79 Å². The van der Waals surface area contributed by atoms with Gasteiger partial charge in [-0.2, -0.15) is 0 Å². The molecular formula is C33H48O7. The van der Waals surface area contributed by atoms with E-state index in [1.165, 1.54) is 18.6 Å². The van der Waals surface area contributed by atoms with Gasteiger partial charge in [-0.1, -0.05) is 57.1 Å². The number of carbonyl (C=O) groups is 1. The first-order chi connectivity index (χ1) is 19.0. The summed E-state index contributed by atoms with van der Waals surface area (Å²) in [4.78, 5) is 13.9. The highest BCUT2D eigenvalue weighted by Gasteiger charge is 2.53. The van der Waals surface area contributed by atoms with Crippen molar-refractivity contribution in [2.45, 2.75) is 128 Å². The lowest BCUT2D eigenvalue weighted by atomic mass is 9.74. The van der Waals surface area contributed by atoms with Gasteiger partial charge in [0.15, 0.2) is 5.79 Å². The molecule has 0 aromatic heterocycles. The maximum Gasteiger partial charge on any atom is 0.334 e. The van der Waals surface area contributed by atoms with E-state index in [-0.39, 0.29) is 24.9 Å². The first-order valence-electron chi connectivity index (χ1n) is 15.3. The third-order valence-corrected chi connectivity index (χ3v) is 9.50. The number of esters is 1. The van der Waals surface area contributed by atoms with Gasteiger partial charge in [0.2, 0.25) is 0 Å². The summed E-state index contributed by atoms with van der Waals surface area (Å²) in [5, 5.41) is 21.9. The maximum atomic E-state index is 13.9. The van der Waals surface area contributed by atoms with Crippen LogP contribution in [0.4, 0.5) is 0 Å². The fraction of sp³-hybridized carbons (Fsp3) is 0.727. The van der Waals surface area contributed by atoms with Crippen molar-refractivity contribution in [1.29, 1.82) is 0 Å². The van der Waals surface area contributed by atoms with E-state index in [0.29, 0.717) is 30.3 Å². The average molecular weight is 557 g/mol. The lowest BCUT2D eigenvalue weighted by molar-refractivity contribution is -0.335. The number of allylic oxidation sites excluding steroid dienone is 4. The van der Waals surface area contributed by atoms with Crippen molar-refractivity contribution in [1.82, 2.24) is 0 Å². The number of hydrogen-bond acceptors (Lipinski definition) is 7. The van der Waals surface area contributed by atoms with Crippen LogP contribution < -0.4 is 0 Å². The van der Waals surface area contributed by atoms with Crippen LogP contribution in [0.1, 0.15) is 86.0 Å². The molecule has 7 nitrogen and oxygen atoms in total. The molecule has 1 spiro atoms. The van der Waals surface area contributed by atoms with E-state index in [2.05, 4.69) is 39.8 Å². The number of carbonyl (C=O) groups excluding carboxylic acids is 1. The lowest BCUT2D eigenvalue weighted by Crippen LogP contribution is -2.55. The van der Waals surface area contributed by atoms with E-state index in [9.17, 15) is 15.0 Å². The molecule has 7 heteroatoms. The number of ether oxygens (including phenoxy) is 4. The summed E-state index contributed by atoms with van der Waals surface area (Å²) in [5.41, 5.74) is 0.961. The molecule has 2 N–H and O–H groups in total. The summed E-state index contributed by atoms with van der Waals surface area (Å²) in [6.07, 6.45) is 14.2. The molecule has 0 aromatic carbocycles. The number of fused-ring (bicyclic) bond motifs is 2. The van der Waals surface area contributed by atoms with E-state index in [4.69, 9.17) is 18.9 Å². The first-order valence-corrected chi connectivity index (χ1v) is 15.3. The van der Waals surface area contributed by atoms with Crippen molar-refractivity contribution in [3.8, 4) is 0 Å². The molecule has 5 aliphatic rings. The topological polar surface area (TPSA) is 94.5 Å². The second kappa shape index (κ2) is 11.8. The third kappa shape index (κ3) is 6.19. The van der Waals surface area contributed by atoms with Crippen molar-refractivity contribution in [3.05, 3.63) is 47.1 Å². The molecule has 0 aromatic rings. The Morgan fingerprint density at radius 1 is 1.18 bits per heavy atom. The van der Waals surface area contributed by atoms with Crippen LogP contribution in [-0.2, 0) is 23.7 Å². The molecule has 1 aliphatic carbocycles. The minimum atomic E-state index is -1.60. The molecule has 0 amide bonds. The largest absolute Gasteiger partial charge is 0.459 e. The summed E-state index contributed by atoms with van der Waals surface area (Å²) in [6.45, 7) is 10.6.